The van der Waals surface area contributed by atoms with Crippen molar-refractivity contribution in [2.24, 2.45) is 5.92 Å². The molecule has 35 heavy (non-hydrogen) atoms. The third-order valence-electron chi connectivity index (χ3n) is 6.62. The molecule has 0 atom stereocenters. The molecule has 0 aliphatic heterocycles. The second-order valence-corrected chi connectivity index (χ2v) is 12.4. The highest BCUT2D eigenvalue weighted by molar-refractivity contribution is 7.89. The fraction of sp³-hybridized carbons (Fsp3) is 0.560. The third-order valence-corrected chi connectivity index (χ3v) is 7.92. The number of carbonyl (C=O) groups excluding carboxylic acids is 1. The third kappa shape index (κ3) is 5.91. The van der Waals surface area contributed by atoms with Gasteiger partial charge in [0.1, 0.15) is 12.0 Å². The molecule has 1 aromatic carbocycles. The van der Waals surface area contributed by atoms with Gasteiger partial charge in [0.05, 0.1) is 21.5 Å². The second-order valence-electron chi connectivity index (χ2n) is 10.7. The first-order chi connectivity index (χ1) is 16.5. The second kappa shape index (κ2) is 9.72. The van der Waals surface area contributed by atoms with Gasteiger partial charge in [0.25, 0.3) is 15.9 Å². The Morgan fingerprint density at radius 2 is 1.89 bits per heavy atom. The van der Waals surface area contributed by atoms with Crippen LogP contribution in [0.2, 0.25) is 0 Å². The van der Waals surface area contributed by atoms with E-state index in [9.17, 15) is 17.6 Å². The monoisotopic (exact) mass is 503 g/mol. The number of nitrogens with one attached hydrogen (secondary N) is 3. The van der Waals surface area contributed by atoms with Gasteiger partial charge in [-0.25, -0.2) is 17.8 Å². The average Bonchev–Trinajstić information content (AvgIpc) is 3.53. The highest BCUT2D eigenvalue weighted by atomic mass is 32.2. The minimum Gasteiger partial charge on any atom is -0.349 e. The maximum absolute atomic E-state index is 13.6. The summed E-state index contributed by atoms with van der Waals surface area (Å²) in [7, 11) is -3.98. The van der Waals surface area contributed by atoms with E-state index in [0.717, 1.165) is 56.0 Å². The van der Waals surface area contributed by atoms with Crippen molar-refractivity contribution in [1.82, 2.24) is 19.6 Å². The highest BCUT2D eigenvalue weighted by Crippen LogP contribution is 2.33. The van der Waals surface area contributed by atoms with Crippen molar-refractivity contribution < 1.29 is 17.6 Å². The smallest absolute Gasteiger partial charge is 0.261 e. The van der Waals surface area contributed by atoms with Gasteiger partial charge in [-0.2, -0.15) is 0 Å². The molecular weight excluding hydrogens is 469 g/mol. The summed E-state index contributed by atoms with van der Waals surface area (Å²) in [5, 5.41) is 10.2. The van der Waals surface area contributed by atoms with E-state index in [1.165, 1.54) is 12.1 Å². The Morgan fingerprint density at radius 1 is 1.20 bits per heavy atom. The molecule has 0 unspecified atom stereocenters. The summed E-state index contributed by atoms with van der Waals surface area (Å²) in [4.78, 5) is 17.0. The molecule has 0 bridgehead atoms. The van der Waals surface area contributed by atoms with E-state index < -0.39 is 22.1 Å². The molecule has 1 aromatic heterocycles. The van der Waals surface area contributed by atoms with Gasteiger partial charge in [-0.15, -0.1) is 0 Å². The molecule has 0 radical (unpaired) electrons. The SMILES string of the molecule is CC(C)(C)c1nc2cc(S(=O)(=O)N/C=C(\C=N)C(=O)NC3CC3)ccc2n1CC1CCC(F)CC1. The number of hydrogen-bond acceptors (Lipinski definition) is 5. The number of amides is 1. The molecule has 2 aliphatic rings. The number of benzene rings is 1. The first kappa shape index (κ1) is 25.3. The molecule has 8 nitrogen and oxygen atoms in total. The van der Waals surface area contributed by atoms with Crippen LogP contribution in [0.4, 0.5) is 4.39 Å². The van der Waals surface area contributed by atoms with Crippen molar-refractivity contribution in [1.29, 1.82) is 5.41 Å². The average molecular weight is 504 g/mol. The number of aromatic nitrogens is 2. The Kier molecular flexibility index (Phi) is 7.04. The van der Waals surface area contributed by atoms with E-state index >= 15 is 0 Å². The van der Waals surface area contributed by atoms with Gasteiger partial charge < -0.3 is 15.3 Å². The zero-order chi connectivity index (χ0) is 25.4. The summed E-state index contributed by atoms with van der Waals surface area (Å²) in [5.74, 6) is 0.744. The van der Waals surface area contributed by atoms with Crippen LogP contribution in [-0.2, 0) is 26.8 Å². The van der Waals surface area contributed by atoms with Crippen LogP contribution in [0, 0.1) is 11.3 Å². The molecule has 4 rings (SSSR count). The van der Waals surface area contributed by atoms with Gasteiger partial charge in [0.15, 0.2) is 0 Å². The van der Waals surface area contributed by atoms with Crippen LogP contribution >= 0.6 is 0 Å². The van der Waals surface area contributed by atoms with Gasteiger partial charge in [0.2, 0.25) is 0 Å². The Balaban J connectivity index is 1.61. The van der Waals surface area contributed by atoms with Gasteiger partial charge in [-0.1, -0.05) is 20.8 Å². The fourth-order valence-corrected chi connectivity index (χ4v) is 5.41. The molecule has 2 aliphatic carbocycles. The quantitative estimate of drug-likeness (QED) is 0.373. The molecule has 2 saturated carbocycles. The first-order valence-corrected chi connectivity index (χ1v) is 13.6. The lowest BCUT2D eigenvalue weighted by atomic mass is 9.87. The van der Waals surface area contributed by atoms with E-state index in [1.54, 1.807) is 6.07 Å². The number of sulfonamides is 1. The van der Waals surface area contributed by atoms with Crippen LogP contribution in [0.3, 0.4) is 0 Å². The fourth-order valence-electron chi connectivity index (χ4n) is 4.47. The summed E-state index contributed by atoms with van der Waals surface area (Å²) in [6.07, 6.45) is 5.78. The topological polar surface area (TPSA) is 117 Å². The molecule has 0 saturated heterocycles. The lowest BCUT2D eigenvalue weighted by molar-refractivity contribution is -0.117. The number of imidazole rings is 1. The minimum absolute atomic E-state index is 0.0243. The Morgan fingerprint density at radius 3 is 2.49 bits per heavy atom. The normalized spacial score (nSPS) is 21.7. The van der Waals surface area contributed by atoms with Crippen LogP contribution in [0.5, 0.6) is 0 Å². The number of carbonyl (C=O) groups is 1. The zero-order valence-electron chi connectivity index (χ0n) is 20.5. The van der Waals surface area contributed by atoms with E-state index in [2.05, 4.69) is 35.4 Å². The molecular formula is C25H34FN5O3S. The molecule has 0 spiro atoms. The number of halogens is 1. The maximum Gasteiger partial charge on any atom is 0.261 e. The summed E-state index contributed by atoms with van der Waals surface area (Å²) in [6, 6.07) is 4.91. The van der Waals surface area contributed by atoms with Gasteiger partial charge >= 0.3 is 0 Å². The summed E-state index contributed by atoms with van der Waals surface area (Å²) < 4.78 is 44.0. The van der Waals surface area contributed by atoms with E-state index in [4.69, 9.17) is 10.4 Å². The summed E-state index contributed by atoms with van der Waals surface area (Å²) in [6.45, 7) is 6.93. The molecule has 1 amide bonds. The van der Waals surface area contributed by atoms with E-state index in [1.807, 2.05) is 0 Å². The minimum atomic E-state index is -3.98. The van der Waals surface area contributed by atoms with Crippen molar-refractivity contribution in [3.63, 3.8) is 0 Å². The number of nitrogens with zero attached hydrogens (tertiary/aromatic N) is 2. The van der Waals surface area contributed by atoms with Crippen molar-refractivity contribution in [2.75, 3.05) is 0 Å². The van der Waals surface area contributed by atoms with Crippen LogP contribution in [0.25, 0.3) is 11.0 Å². The number of rotatable bonds is 8. The van der Waals surface area contributed by atoms with Crippen LogP contribution in [-0.4, -0.2) is 42.3 Å². The Labute approximate surface area is 205 Å². The van der Waals surface area contributed by atoms with Gasteiger partial charge in [-0.05, 0) is 62.6 Å². The summed E-state index contributed by atoms with van der Waals surface area (Å²) >= 11 is 0. The maximum atomic E-state index is 13.6. The van der Waals surface area contributed by atoms with Crippen LogP contribution < -0.4 is 10.0 Å². The molecule has 2 aromatic rings. The zero-order valence-corrected chi connectivity index (χ0v) is 21.3. The Bertz CT molecular complexity index is 1250. The van der Waals surface area contributed by atoms with E-state index in [-0.39, 0.29) is 21.9 Å². The lowest BCUT2D eigenvalue weighted by Gasteiger charge is -2.27. The molecule has 190 valence electrons. The molecule has 1 heterocycles. The molecule has 10 heteroatoms. The first-order valence-electron chi connectivity index (χ1n) is 12.2. The molecule has 3 N–H and O–H groups in total. The molecule has 2 fully saturated rings. The van der Waals surface area contributed by atoms with Crippen LogP contribution in [0.1, 0.15) is 65.1 Å². The number of alkyl halides is 1. The van der Waals surface area contributed by atoms with Gasteiger partial charge in [0, 0.05) is 30.4 Å². The lowest BCUT2D eigenvalue weighted by Crippen LogP contribution is -2.29. The van der Waals surface area contributed by atoms with Crippen molar-refractivity contribution in [3.8, 4) is 0 Å². The van der Waals surface area contributed by atoms with Crippen molar-refractivity contribution >= 4 is 33.2 Å². The summed E-state index contributed by atoms with van der Waals surface area (Å²) in [5.41, 5.74) is 1.09. The van der Waals surface area contributed by atoms with Crippen molar-refractivity contribution in [3.05, 3.63) is 35.8 Å². The van der Waals surface area contributed by atoms with Crippen molar-refractivity contribution in [2.45, 2.75) is 88.4 Å². The van der Waals surface area contributed by atoms with E-state index in [0.29, 0.717) is 24.3 Å². The number of fused-ring (bicyclic) bond motifs is 1. The van der Waals surface area contributed by atoms with Crippen LogP contribution in [0.15, 0.2) is 34.9 Å². The standard InChI is InChI=1S/C25H34FN5O3S/c1-25(2,3)24-30-21-12-20(10-11-22(21)31(24)15-16-4-6-18(26)7-5-16)35(33,34)28-14-17(13-27)23(32)29-19-8-9-19/h10-14,16,18-19,27-28H,4-9,15H2,1-3H3,(H,29,32)/b17-14+,27-13?. The number of hydrogen-bond donors (Lipinski definition) is 3. The van der Waals surface area contributed by atoms with Gasteiger partial charge in [-0.3, -0.25) is 9.52 Å². The largest absolute Gasteiger partial charge is 0.349 e. The predicted molar refractivity (Wildman–Crippen MR) is 134 cm³/mol. The highest BCUT2D eigenvalue weighted by Gasteiger charge is 2.28. The predicted octanol–water partition coefficient (Wildman–Crippen LogP) is 3.95. The Hall–Kier alpha value is -2.75.